The fourth-order valence-electron chi connectivity index (χ4n) is 1.36. The average Bonchev–Trinajstić information content (AvgIpc) is 2.14. The number of rotatable bonds is 9. The van der Waals surface area contributed by atoms with Crippen LogP contribution in [-0.2, 0) is 14.3 Å². The van der Waals surface area contributed by atoms with Crippen LogP contribution >= 0.6 is 0 Å². The van der Waals surface area contributed by atoms with Crippen LogP contribution in [0.1, 0.15) is 46.0 Å². The third-order valence-corrected chi connectivity index (χ3v) is 2.07. The lowest BCUT2D eigenvalue weighted by molar-refractivity contribution is -0.153. The summed E-state index contributed by atoms with van der Waals surface area (Å²) in [6, 6.07) is 0. The van der Waals surface area contributed by atoms with Gasteiger partial charge in [-0.2, -0.15) is 0 Å². The highest BCUT2D eigenvalue weighted by molar-refractivity contribution is 5.72. The lowest BCUT2D eigenvalue weighted by Gasteiger charge is -2.16. The summed E-state index contributed by atoms with van der Waals surface area (Å²) in [5.74, 6) is -1.76. The quantitative estimate of drug-likeness (QED) is 0.593. The highest BCUT2D eigenvalue weighted by Crippen LogP contribution is 2.10. The highest BCUT2D eigenvalue weighted by Gasteiger charge is 2.18. The van der Waals surface area contributed by atoms with Crippen LogP contribution in [0.5, 0.6) is 0 Å². The first kappa shape index (κ1) is 14.9. The molecule has 0 saturated carbocycles. The van der Waals surface area contributed by atoms with Gasteiger partial charge in [-0.1, -0.05) is 12.8 Å². The summed E-state index contributed by atoms with van der Waals surface area (Å²) < 4.78 is 5.22. The zero-order chi connectivity index (χ0) is 12.6. The van der Waals surface area contributed by atoms with Crippen molar-refractivity contribution in [2.24, 2.45) is 0 Å². The number of hydrogen-bond donors (Lipinski definition) is 2. The molecular formula is C11H20O5. The second-order valence-electron chi connectivity index (χ2n) is 4.00. The summed E-state index contributed by atoms with van der Waals surface area (Å²) in [6.45, 7) is 3.58. The third kappa shape index (κ3) is 8.23. The first-order valence-corrected chi connectivity index (χ1v) is 5.53. The normalized spacial score (nSPS) is 12.7. The van der Waals surface area contributed by atoms with Gasteiger partial charge in [0.05, 0.1) is 6.10 Å². The lowest BCUT2D eigenvalue weighted by atomic mass is 10.1. The van der Waals surface area contributed by atoms with Crippen molar-refractivity contribution in [1.29, 1.82) is 0 Å². The van der Waals surface area contributed by atoms with Crippen molar-refractivity contribution in [2.45, 2.75) is 58.2 Å². The molecule has 94 valence electrons. The molecule has 0 fully saturated rings. The Morgan fingerprint density at radius 1 is 1.12 bits per heavy atom. The maximum Gasteiger partial charge on any atom is 0.332 e. The van der Waals surface area contributed by atoms with Crippen LogP contribution in [0.2, 0.25) is 0 Å². The second kappa shape index (κ2) is 8.10. The Balaban J connectivity index is 3.68. The van der Waals surface area contributed by atoms with Gasteiger partial charge in [0, 0.05) is 6.42 Å². The van der Waals surface area contributed by atoms with E-state index in [0.29, 0.717) is 19.3 Å². The second-order valence-corrected chi connectivity index (χ2v) is 4.00. The molecule has 1 unspecified atom stereocenters. The van der Waals surface area contributed by atoms with Crippen molar-refractivity contribution in [2.75, 3.05) is 0 Å². The topological polar surface area (TPSA) is 83.8 Å². The van der Waals surface area contributed by atoms with E-state index in [0.717, 1.165) is 6.42 Å². The van der Waals surface area contributed by atoms with E-state index in [-0.39, 0.29) is 12.5 Å². The van der Waals surface area contributed by atoms with E-state index in [9.17, 15) is 9.59 Å². The molecule has 0 rings (SSSR count). The van der Waals surface area contributed by atoms with Gasteiger partial charge in [-0.25, -0.2) is 4.79 Å². The number of unbranched alkanes of at least 4 members (excludes halogenated alkanes) is 2. The molecule has 0 amide bonds. The van der Waals surface area contributed by atoms with E-state index in [4.69, 9.17) is 14.9 Å². The van der Waals surface area contributed by atoms with Gasteiger partial charge in [0.15, 0.2) is 6.10 Å². The number of ether oxygens (including phenoxy) is 1. The molecule has 0 heterocycles. The molecule has 0 aliphatic carbocycles. The minimum absolute atomic E-state index is 0.111. The van der Waals surface area contributed by atoms with Gasteiger partial charge in [0.1, 0.15) is 0 Å². The van der Waals surface area contributed by atoms with Crippen molar-refractivity contribution in [3.05, 3.63) is 0 Å². The van der Waals surface area contributed by atoms with Gasteiger partial charge < -0.3 is 14.9 Å². The SMILES string of the molecule is CC(C)OC(CCCCCC(=O)O)C(=O)O. The summed E-state index contributed by atoms with van der Waals surface area (Å²) in [5, 5.41) is 17.3. The molecule has 0 aromatic carbocycles. The van der Waals surface area contributed by atoms with Crippen molar-refractivity contribution in [3.63, 3.8) is 0 Å². The number of carboxylic acids is 2. The predicted octanol–water partition coefficient (Wildman–Crippen LogP) is 1.90. The van der Waals surface area contributed by atoms with Crippen LogP contribution in [0.25, 0.3) is 0 Å². The average molecular weight is 232 g/mol. The fourth-order valence-corrected chi connectivity index (χ4v) is 1.36. The third-order valence-electron chi connectivity index (χ3n) is 2.07. The minimum Gasteiger partial charge on any atom is -0.481 e. The molecule has 5 heteroatoms. The van der Waals surface area contributed by atoms with Gasteiger partial charge in [-0.15, -0.1) is 0 Å². The monoisotopic (exact) mass is 232 g/mol. The van der Waals surface area contributed by atoms with Crippen LogP contribution in [0.15, 0.2) is 0 Å². The molecule has 0 spiro atoms. The molecule has 2 N–H and O–H groups in total. The van der Waals surface area contributed by atoms with Crippen molar-refractivity contribution >= 4 is 11.9 Å². The summed E-state index contributed by atoms with van der Waals surface area (Å²) in [5.41, 5.74) is 0. The van der Waals surface area contributed by atoms with E-state index in [1.165, 1.54) is 0 Å². The Labute approximate surface area is 95.4 Å². The molecule has 0 saturated heterocycles. The molecule has 0 aromatic rings. The molecule has 1 atom stereocenters. The molecule has 16 heavy (non-hydrogen) atoms. The fraction of sp³-hybridized carbons (Fsp3) is 0.818. The number of hydrogen-bond acceptors (Lipinski definition) is 3. The lowest BCUT2D eigenvalue weighted by Crippen LogP contribution is -2.26. The van der Waals surface area contributed by atoms with Crippen molar-refractivity contribution in [3.8, 4) is 0 Å². The number of carbonyl (C=O) groups is 2. The van der Waals surface area contributed by atoms with Gasteiger partial charge in [0.25, 0.3) is 0 Å². The zero-order valence-corrected chi connectivity index (χ0v) is 9.81. The molecule has 5 nitrogen and oxygen atoms in total. The van der Waals surface area contributed by atoms with E-state index in [1.54, 1.807) is 13.8 Å². The zero-order valence-electron chi connectivity index (χ0n) is 9.81. The first-order chi connectivity index (χ1) is 7.43. The molecule has 0 aromatic heterocycles. The molecule has 0 aliphatic rings. The predicted molar refractivity (Wildman–Crippen MR) is 58.4 cm³/mol. The van der Waals surface area contributed by atoms with Crippen LogP contribution in [0.3, 0.4) is 0 Å². The van der Waals surface area contributed by atoms with Crippen LogP contribution < -0.4 is 0 Å². The molecule has 0 aliphatic heterocycles. The Bertz CT molecular complexity index is 224. The van der Waals surface area contributed by atoms with Crippen LogP contribution in [-0.4, -0.2) is 34.4 Å². The Morgan fingerprint density at radius 3 is 2.19 bits per heavy atom. The summed E-state index contributed by atoms with van der Waals surface area (Å²) >= 11 is 0. The van der Waals surface area contributed by atoms with Crippen LogP contribution in [0, 0.1) is 0 Å². The first-order valence-electron chi connectivity index (χ1n) is 5.53. The summed E-state index contributed by atoms with van der Waals surface area (Å²) in [4.78, 5) is 21.0. The number of carboxylic acid groups (broad SMARTS) is 2. The van der Waals surface area contributed by atoms with E-state index in [1.807, 2.05) is 0 Å². The standard InChI is InChI=1S/C11H20O5/c1-8(2)16-9(11(14)15)6-4-3-5-7-10(12)13/h8-9H,3-7H2,1-2H3,(H,12,13)(H,14,15). The largest absolute Gasteiger partial charge is 0.481 e. The Kier molecular flexibility index (Phi) is 7.54. The molecule has 0 radical (unpaired) electrons. The maximum atomic E-state index is 10.8. The number of aliphatic carboxylic acids is 2. The molecule has 0 bridgehead atoms. The maximum absolute atomic E-state index is 10.8. The van der Waals surface area contributed by atoms with E-state index >= 15 is 0 Å². The van der Waals surface area contributed by atoms with E-state index < -0.39 is 18.0 Å². The van der Waals surface area contributed by atoms with Crippen molar-refractivity contribution in [1.82, 2.24) is 0 Å². The Morgan fingerprint density at radius 2 is 1.75 bits per heavy atom. The van der Waals surface area contributed by atoms with E-state index in [2.05, 4.69) is 0 Å². The van der Waals surface area contributed by atoms with Gasteiger partial charge in [0.2, 0.25) is 0 Å². The Hall–Kier alpha value is -1.10. The summed E-state index contributed by atoms with van der Waals surface area (Å²) in [6.07, 6.45) is 1.68. The highest BCUT2D eigenvalue weighted by atomic mass is 16.5. The van der Waals surface area contributed by atoms with Gasteiger partial charge in [-0.05, 0) is 26.7 Å². The van der Waals surface area contributed by atoms with Crippen molar-refractivity contribution < 1.29 is 24.5 Å². The minimum atomic E-state index is -0.952. The smallest absolute Gasteiger partial charge is 0.332 e. The van der Waals surface area contributed by atoms with Gasteiger partial charge in [-0.3, -0.25) is 4.79 Å². The van der Waals surface area contributed by atoms with Gasteiger partial charge >= 0.3 is 11.9 Å². The van der Waals surface area contributed by atoms with Crippen LogP contribution in [0.4, 0.5) is 0 Å². The molecular weight excluding hydrogens is 212 g/mol. The summed E-state index contributed by atoms with van der Waals surface area (Å²) in [7, 11) is 0.